The second-order valence-electron chi connectivity index (χ2n) is 7.72. The Morgan fingerprint density at radius 3 is 2.61 bits per heavy atom. The van der Waals surface area contributed by atoms with Gasteiger partial charge in [0, 0.05) is 34.5 Å². The lowest BCUT2D eigenvalue weighted by atomic mass is 9.69. The van der Waals surface area contributed by atoms with Crippen molar-refractivity contribution in [3.8, 4) is 0 Å². The van der Waals surface area contributed by atoms with Crippen molar-refractivity contribution in [1.29, 1.82) is 0 Å². The van der Waals surface area contributed by atoms with Gasteiger partial charge in [-0.1, -0.05) is 35.0 Å². The number of hydrogen-bond donors (Lipinski definition) is 1. The number of carbonyl (C=O) groups is 3. The molecule has 1 aromatic rings. The third-order valence-electron chi connectivity index (χ3n) is 5.67. The monoisotopic (exact) mass is 491 g/mol. The molecule has 2 aliphatic rings. The number of carbonyl (C=O) groups excluding carboxylic acids is 3. The first-order chi connectivity index (χ1) is 14.8. The number of Topliss-reactive ketones (excluding diaryl/α,β-unsaturated/α-hetero) is 1. The zero-order valence-corrected chi connectivity index (χ0v) is 19.6. The van der Waals surface area contributed by atoms with Gasteiger partial charge in [-0.2, -0.15) is 0 Å². The molecule has 31 heavy (non-hydrogen) atoms. The lowest BCUT2D eigenvalue weighted by Crippen LogP contribution is -2.43. The van der Waals surface area contributed by atoms with Crippen molar-refractivity contribution in [1.82, 2.24) is 5.32 Å². The molecule has 1 N–H and O–H groups in total. The minimum absolute atomic E-state index is 0.0962. The standard InChI is InChI=1S/C23H26BrNO6/c1-12-10-16-20(21(26)17(12)22(27)30-4)19(14-6-5-7-15(24)11-14)18(13(2)25-16)23(28)31-9-8-29-3/h5-7,11-12,17,19,25H,8-10H2,1-4H3/t12-,17-,19-/m1/s1. The Bertz CT molecular complexity index is 967. The van der Waals surface area contributed by atoms with Crippen molar-refractivity contribution in [3.05, 3.63) is 56.8 Å². The molecule has 1 heterocycles. The molecule has 7 nitrogen and oxygen atoms in total. The van der Waals surface area contributed by atoms with Gasteiger partial charge in [0.15, 0.2) is 5.78 Å². The summed E-state index contributed by atoms with van der Waals surface area (Å²) in [6.07, 6.45) is 0.495. The minimum atomic E-state index is -0.913. The Hall–Kier alpha value is -2.45. The number of dihydropyridines is 1. The Morgan fingerprint density at radius 2 is 1.97 bits per heavy atom. The summed E-state index contributed by atoms with van der Waals surface area (Å²) in [5, 5.41) is 3.23. The smallest absolute Gasteiger partial charge is 0.336 e. The van der Waals surface area contributed by atoms with Gasteiger partial charge in [-0.3, -0.25) is 9.59 Å². The number of rotatable bonds is 6. The van der Waals surface area contributed by atoms with Crippen molar-refractivity contribution in [2.45, 2.75) is 26.2 Å². The van der Waals surface area contributed by atoms with Crippen LogP contribution in [0.15, 0.2) is 51.3 Å². The molecule has 0 radical (unpaired) electrons. The van der Waals surface area contributed by atoms with Gasteiger partial charge in [0.1, 0.15) is 12.5 Å². The average molecular weight is 492 g/mol. The van der Waals surface area contributed by atoms with E-state index in [1.165, 1.54) is 14.2 Å². The average Bonchev–Trinajstić information content (AvgIpc) is 2.72. The summed E-state index contributed by atoms with van der Waals surface area (Å²) in [5.41, 5.74) is 2.87. The number of hydrogen-bond acceptors (Lipinski definition) is 7. The fraction of sp³-hybridized carbons (Fsp3) is 0.435. The number of halogens is 1. The molecule has 0 saturated carbocycles. The quantitative estimate of drug-likeness (QED) is 0.371. The number of esters is 2. The van der Waals surface area contributed by atoms with E-state index in [1.807, 2.05) is 31.2 Å². The van der Waals surface area contributed by atoms with Gasteiger partial charge in [-0.05, 0) is 37.0 Å². The van der Waals surface area contributed by atoms with Crippen LogP contribution >= 0.6 is 15.9 Å². The minimum Gasteiger partial charge on any atom is -0.468 e. The molecule has 0 amide bonds. The maximum Gasteiger partial charge on any atom is 0.336 e. The van der Waals surface area contributed by atoms with Gasteiger partial charge in [-0.15, -0.1) is 0 Å². The zero-order valence-electron chi connectivity index (χ0n) is 18.0. The van der Waals surface area contributed by atoms with Gasteiger partial charge >= 0.3 is 11.9 Å². The van der Waals surface area contributed by atoms with Crippen LogP contribution in [0.1, 0.15) is 31.7 Å². The Labute approximate surface area is 189 Å². The first-order valence-electron chi connectivity index (χ1n) is 10.0. The van der Waals surface area contributed by atoms with E-state index < -0.39 is 23.8 Å². The molecule has 0 aromatic heterocycles. The van der Waals surface area contributed by atoms with E-state index in [0.29, 0.717) is 23.3 Å². The number of nitrogens with one attached hydrogen (secondary N) is 1. The largest absolute Gasteiger partial charge is 0.468 e. The molecule has 166 valence electrons. The summed E-state index contributed by atoms with van der Waals surface area (Å²) in [7, 11) is 2.80. The van der Waals surface area contributed by atoms with Gasteiger partial charge in [-0.25, -0.2) is 4.79 Å². The predicted octanol–water partition coefficient (Wildman–Crippen LogP) is 3.25. The summed E-state index contributed by atoms with van der Waals surface area (Å²) >= 11 is 3.47. The molecule has 3 atom stereocenters. The predicted molar refractivity (Wildman–Crippen MR) is 117 cm³/mol. The molecule has 0 fully saturated rings. The molecule has 3 rings (SSSR count). The van der Waals surface area contributed by atoms with Crippen LogP contribution in [0.4, 0.5) is 0 Å². The van der Waals surface area contributed by atoms with Crippen LogP contribution in [-0.4, -0.2) is 45.2 Å². The van der Waals surface area contributed by atoms with E-state index in [2.05, 4.69) is 21.2 Å². The highest BCUT2D eigenvalue weighted by Gasteiger charge is 2.47. The van der Waals surface area contributed by atoms with E-state index in [-0.39, 0.29) is 24.9 Å². The molecule has 1 aliphatic heterocycles. The van der Waals surface area contributed by atoms with Crippen LogP contribution in [0.2, 0.25) is 0 Å². The lowest BCUT2D eigenvalue weighted by Gasteiger charge is -2.38. The van der Waals surface area contributed by atoms with Crippen molar-refractivity contribution in [2.24, 2.45) is 11.8 Å². The van der Waals surface area contributed by atoms with E-state index in [4.69, 9.17) is 14.2 Å². The van der Waals surface area contributed by atoms with Crippen LogP contribution in [0.3, 0.4) is 0 Å². The number of methoxy groups -OCH3 is 2. The number of ketones is 1. The van der Waals surface area contributed by atoms with Gasteiger partial charge < -0.3 is 19.5 Å². The van der Waals surface area contributed by atoms with Crippen LogP contribution < -0.4 is 5.32 Å². The third-order valence-corrected chi connectivity index (χ3v) is 6.16. The van der Waals surface area contributed by atoms with Gasteiger partial charge in [0.2, 0.25) is 0 Å². The number of allylic oxidation sites excluding steroid dienone is 3. The van der Waals surface area contributed by atoms with Crippen LogP contribution in [0.5, 0.6) is 0 Å². The van der Waals surface area contributed by atoms with Gasteiger partial charge in [0.25, 0.3) is 0 Å². The van der Waals surface area contributed by atoms with E-state index in [9.17, 15) is 14.4 Å². The summed E-state index contributed by atoms with van der Waals surface area (Å²) in [4.78, 5) is 39.0. The molecule has 8 heteroatoms. The molecule has 0 bridgehead atoms. The molecular formula is C23H26BrNO6. The van der Waals surface area contributed by atoms with E-state index in [0.717, 1.165) is 15.7 Å². The van der Waals surface area contributed by atoms with Crippen molar-refractivity contribution < 1.29 is 28.6 Å². The Morgan fingerprint density at radius 1 is 1.23 bits per heavy atom. The van der Waals surface area contributed by atoms with Crippen LogP contribution in [-0.2, 0) is 28.6 Å². The molecule has 1 aliphatic carbocycles. The summed E-state index contributed by atoms with van der Waals surface area (Å²) in [5.74, 6) is -3.21. The zero-order chi connectivity index (χ0) is 22.7. The van der Waals surface area contributed by atoms with Crippen LogP contribution in [0.25, 0.3) is 0 Å². The highest BCUT2D eigenvalue weighted by Crippen LogP contribution is 2.45. The maximum atomic E-state index is 13.6. The molecule has 0 saturated heterocycles. The summed E-state index contributed by atoms with van der Waals surface area (Å²) < 4.78 is 16.1. The number of ether oxygens (including phenoxy) is 3. The highest BCUT2D eigenvalue weighted by molar-refractivity contribution is 9.10. The van der Waals surface area contributed by atoms with Crippen molar-refractivity contribution in [2.75, 3.05) is 27.4 Å². The highest BCUT2D eigenvalue weighted by atomic mass is 79.9. The second kappa shape index (κ2) is 9.78. The summed E-state index contributed by atoms with van der Waals surface area (Å²) in [6.45, 7) is 4.01. The van der Waals surface area contributed by atoms with Crippen LogP contribution in [0, 0.1) is 11.8 Å². The van der Waals surface area contributed by atoms with Crippen molar-refractivity contribution >= 4 is 33.7 Å². The molecule has 1 aromatic carbocycles. The molecule has 0 unspecified atom stereocenters. The summed E-state index contributed by atoms with van der Waals surface area (Å²) in [6, 6.07) is 7.45. The third kappa shape index (κ3) is 4.60. The fourth-order valence-corrected chi connectivity index (χ4v) is 4.68. The topological polar surface area (TPSA) is 90.9 Å². The fourth-order valence-electron chi connectivity index (χ4n) is 4.27. The molecule has 0 spiro atoms. The second-order valence-corrected chi connectivity index (χ2v) is 8.63. The normalized spacial score (nSPS) is 23.3. The first kappa shape index (κ1) is 23.2. The van der Waals surface area contributed by atoms with Crippen molar-refractivity contribution in [3.63, 3.8) is 0 Å². The lowest BCUT2D eigenvalue weighted by molar-refractivity contribution is -0.151. The Kier molecular flexibility index (Phi) is 7.33. The maximum absolute atomic E-state index is 13.6. The first-order valence-corrected chi connectivity index (χ1v) is 10.8. The van der Waals surface area contributed by atoms with E-state index >= 15 is 0 Å². The SMILES string of the molecule is COCCOC(=O)C1=C(C)NC2=C(C(=O)[C@H](C(=O)OC)[C@H](C)C2)[C@@H]1c1cccc(Br)c1. The van der Waals surface area contributed by atoms with Gasteiger partial charge in [0.05, 0.1) is 19.3 Å². The molecular weight excluding hydrogens is 466 g/mol. The Balaban J connectivity index is 2.12. The number of benzene rings is 1. The van der Waals surface area contributed by atoms with E-state index in [1.54, 1.807) is 6.92 Å².